The van der Waals surface area contributed by atoms with Gasteiger partial charge in [0.15, 0.2) is 0 Å². The number of nitrogen functional groups attached to an aromatic ring is 1. The van der Waals surface area contributed by atoms with Gasteiger partial charge in [0.05, 0.1) is 0 Å². The summed E-state index contributed by atoms with van der Waals surface area (Å²) in [6.07, 6.45) is 9.48. The van der Waals surface area contributed by atoms with E-state index in [9.17, 15) is 14.7 Å². The summed E-state index contributed by atoms with van der Waals surface area (Å²) in [5.41, 5.74) is 5.72. The summed E-state index contributed by atoms with van der Waals surface area (Å²) in [6.45, 7) is 2.70. The first kappa shape index (κ1) is 19.9. The van der Waals surface area contributed by atoms with Crippen LogP contribution in [0.25, 0.3) is 0 Å². The molecule has 3 aliphatic rings. The first-order chi connectivity index (χ1) is 13.9. The van der Waals surface area contributed by atoms with Crippen molar-refractivity contribution in [2.24, 2.45) is 17.3 Å². The number of carboxylic acid groups (broad SMARTS) is 1. The number of hydrogen-bond donors (Lipinski definition) is 3. The molecule has 0 unspecified atom stereocenters. The van der Waals surface area contributed by atoms with Crippen LogP contribution in [0.5, 0.6) is 0 Å². The minimum Gasteiger partial charge on any atom is -0.480 e. The van der Waals surface area contributed by atoms with Crippen molar-refractivity contribution < 1.29 is 14.7 Å². The fraction of sp³-hybridized carbons (Fsp3) is 0.714. The van der Waals surface area contributed by atoms with Crippen molar-refractivity contribution in [3.8, 4) is 0 Å². The third-order valence-corrected chi connectivity index (χ3v) is 7.25. The maximum atomic E-state index is 13.7. The zero-order valence-corrected chi connectivity index (χ0v) is 17.0. The standard InChI is InChI=1S/C21H31N5O3/c1-2-14-10-21(14)11-15(19(28)29)26(12-21)18(27)17(13-6-4-3-5-7-13)24-16-8-9-23-20(22)25-16/h8-9,13-15,17H,2-7,10-12H2,1H3,(H,28,29)(H3,22,23,24,25)/t14-,15+,17+,21-/m1/s1. The number of anilines is 2. The summed E-state index contributed by atoms with van der Waals surface area (Å²) in [6, 6.07) is 0.482. The van der Waals surface area contributed by atoms with Gasteiger partial charge in [-0.3, -0.25) is 4.79 Å². The predicted molar refractivity (Wildman–Crippen MR) is 109 cm³/mol. The predicted octanol–water partition coefficient (Wildman–Crippen LogP) is 2.52. The number of carboxylic acids is 1. The molecule has 4 N–H and O–H groups in total. The number of nitrogens with two attached hydrogens (primary N) is 1. The van der Waals surface area contributed by atoms with E-state index in [0.717, 1.165) is 38.5 Å². The van der Waals surface area contributed by atoms with Crippen LogP contribution in [0.1, 0.15) is 58.3 Å². The van der Waals surface area contributed by atoms with Gasteiger partial charge in [-0.05, 0) is 49.0 Å². The molecule has 1 saturated heterocycles. The molecule has 2 aliphatic carbocycles. The van der Waals surface area contributed by atoms with Gasteiger partial charge in [0, 0.05) is 12.7 Å². The molecule has 3 fully saturated rings. The van der Waals surface area contributed by atoms with Crippen LogP contribution < -0.4 is 11.1 Å². The van der Waals surface area contributed by atoms with Crippen molar-refractivity contribution in [3.05, 3.63) is 12.3 Å². The molecular weight excluding hydrogens is 370 g/mol. The van der Waals surface area contributed by atoms with Gasteiger partial charge in [-0.25, -0.2) is 9.78 Å². The lowest BCUT2D eigenvalue weighted by molar-refractivity contribution is -0.149. The molecule has 0 radical (unpaired) electrons. The quantitative estimate of drug-likeness (QED) is 0.669. The molecule has 8 nitrogen and oxygen atoms in total. The molecule has 4 atom stereocenters. The third kappa shape index (κ3) is 3.89. The zero-order valence-electron chi connectivity index (χ0n) is 17.0. The Morgan fingerprint density at radius 2 is 2.10 bits per heavy atom. The lowest BCUT2D eigenvalue weighted by atomic mass is 9.83. The van der Waals surface area contributed by atoms with Crippen LogP contribution in [0.4, 0.5) is 11.8 Å². The summed E-state index contributed by atoms with van der Waals surface area (Å²) in [4.78, 5) is 35.4. The molecule has 2 saturated carbocycles. The number of hydrogen-bond acceptors (Lipinski definition) is 6. The molecule has 1 aromatic heterocycles. The summed E-state index contributed by atoms with van der Waals surface area (Å²) in [5, 5.41) is 13.1. The maximum absolute atomic E-state index is 13.7. The summed E-state index contributed by atoms with van der Waals surface area (Å²) < 4.78 is 0. The SMILES string of the molecule is CC[C@@H]1C[C@]12C[C@@H](C(=O)O)N(C(=O)[C@@H](Nc1ccnc(N)n1)C1CCCCC1)C2. The fourth-order valence-corrected chi connectivity index (χ4v) is 5.56. The zero-order chi connectivity index (χ0) is 20.6. The van der Waals surface area contributed by atoms with E-state index in [4.69, 9.17) is 5.73 Å². The monoisotopic (exact) mass is 401 g/mol. The highest BCUT2D eigenvalue weighted by Gasteiger charge is 2.62. The topological polar surface area (TPSA) is 121 Å². The number of nitrogens with zero attached hydrogens (tertiary/aromatic N) is 3. The van der Waals surface area contributed by atoms with Gasteiger partial charge < -0.3 is 21.1 Å². The average Bonchev–Trinajstić information content (AvgIpc) is 3.25. The second-order valence-corrected chi connectivity index (χ2v) is 9.02. The lowest BCUT2D eigenvalue weighted by Crippen LogP contribution is -2.51. The van der Waals surface area contributed by atoms with Crippen LogP contribution in [-0.2, 0) is 9.59 Å². The number of amides is 1. The average molecular weight is 402 g/mol. The number of nitrogens with one attached hydrogen (secondary N) is 1. The minimum absolute atomic E-state index is 0.00390. The molecule has 1 amide bonds. The number of aliphatic carboxylic acids is 1. The Kier molecular flexibility index (Phi) is 5.36. The van der Waals surface area contributed by atoms with Crippen LogP contribution in [0.3, 0.4) is 0 Å². The van der Waals surface area contributed by atoms with E-state index in [1.54, 1.807) is 17.2 Å². The Morgan fingerprint density at radius 1 is 1.34 bits per heavy atom. The molecule has 29 heavy (non-hydrogen) atoms. The third-order valence-electron chi connectivity index (χ3n) is 7.25. The smallest absolute Gasteiger partial charge is 0.326 e. The highest BCUT2D eigenvalue weighted by molar-refractivity contribution is 5.90. The van der Waals surface area contributed by atoms with Gasteiger partial charge in [-0.15, -0.1) is 0 Å². The van der Waals surface area contributed by atoms with Crippen molar-refractivity contribution in [2.45, 2.75) is 70.4 Å². The second kappa shape index (κ2) is 7.80. The largest absolute Gasteiger partial charge is 0.480 e. The molecule has 0 aromatic carbocycles. The number of carbonyl (C=O) groups excluding carboxylic acids is 1. The van der Waals surface area contributed by atoms with E-state index in [0.29, 0.717) is 24.7 Å². The summed E-state index contributed by atoms with van der Waals surface area (Å²) >= 11 is 0. The van der Waals surface area contributed by atoms with Gasteiger partial charge in [0.2, 0.25) is 11.9 Å². The van der Waals surface area contributed by atoms with Crippen LogP contribution in [0, 0.1) is 17.3 Å². The number of carbonyl (C=O) groups is 2. The van der Waals surface area contributed by atoms with Crippen molar-refractivity contribution >= 4 is 23.6 Å². The van der Waals surface area contributed by atoms with E-state index < -0.39 is 18.1 Å². The van der Waals surface area contributed by atoms with E-state index >= 15 is 0 Å². The first-order valence-corrected chi connectivity index (χ1v) is 10.8. The van der Waals surface area contributed by atoms with Gasteiger partial charge in [0.1, 0.15) is 17.9 Å². The highest BCUT2D eigenvalue weighted by Crippen LogP contribution is 2.61. The summed E-state index contributed by atoms with van der Waals surface area (Å²) in [7, 11) is 0. The Balaban J connectivity index is 1.58. The van der Waals surface area contributed by atoms with Crippen LogP contribution in [0.15, 0.2) is 12.3 Å². The Hall–Kier alpha value is -2.38. The van der Waals surface area contributed by atoms with Crippen molar-refractivity contribution in [1.82, 2.24) is 14.9 Å². The first-order valence-electron chi connectivity index (χ1n) is 10.8. The number of likely N-dealkylation sites (tertiary alicyclic amines) is 1. The van der Waals surface area contributed by atoms with E-state index in [1.807, 2.05) is 0 Å². The van der Waals surface area contributed by atoms with Crippen molar-refractivity contribution in [1.29, 1.82) is 0 Å². The van der Waals surface area contributed by atoms with Gasteiger partial charge in [0.25, 0.3) is 0 Å². The number of rotatable bonds is 6. The molecule has 8 heteroatoms. The van der Waals surface area contributed by atoms with Gasteiger partial charge in [-0.1, -0.05) is 32.6 Å². The van der Waals surface area contributed by atoms with E-state index in [2.05, 4.69) is 22.2 Å². The number of aromatic nitrogens is 2. The maximum Gasteiger partial charge on any atom is 0.326 e. The molecular formula is C21H31N5O3. The van der Waals surface area contributed by atoms with Crippen molar-refractivity contribution in [2.75, 3.05) is 17.6 Å². The second-order valence-electron chi connectivity index (χ2n) is 9.02. The van der Waals surface area contributed by atoms with Gasteiger partial charge in [-0.2, -0.15) is 4.98 Å². The van der Waals surface area contributed by atoms with E-state index in [-0.39, 0.29) is 23.2 Å². The normalized spacial score (nSPS) is 30.3. The summed E-state index contributed by atoms with van der Waals surface area (Å²) in [5.74, 6) is 0.354. The minimum atomic E-state index is -0.898. The van der Waals surface area contributed by atoms with Crippen molar-refractivity contribution in [3.63, 3.8) is 0 Å². The molecule has 158 valence electrons. The van der Waals surface area contributed by atoms with Crippen LogP contribution in [0.2, 0.25) is 0 Å². The fourth-order valence-electron chi connectivity index (χ4n) is 5.56. The molecule has 2 heterocycles. The van der Waals surface area contributed by atoms with Crippen LogP contribution in [-0.4, -0.2) is 50.5 Å². The molecule has 4 rings (SSSR count). The molecule has 1 aromatic rings. The lowest BCUT2D eigenvalue weighted by Gasteiger charge is -2.34. The van der Waals surface area contributed by atoms with Gasteiger partial charge >= 0.3 is 5.97 Å². The molecule has 0 bridgehead atoms. The Morgan fingerprint density at radius 3 is 2.72 bits per heavy atom. The highest BCUT2D eigenvalue weighted by atomic mass is 16.4. The Bertz CT molecular complexity index is 781. The van der Waals surface area contributed by atoms with Crippen LogP contribution >= 0.6 is 0 Å². The van der Waals surface area contributed by atoms with E-state index in [1.165, 1.54) is 6.42 Å². The molecule has 1 spiro atoms. The Labute approximate surface area is 171 Å². The molecule has 1 aliphatic heterocycles.